The number of nitrogens with one attached hydrogen (secondary N) is 2. The molecule has 2 heterocycles. The molecule has 27 heavy (non-hydrogen) atoms. The third-order valence-electron chi connectivity index (χ3n) is 4.15. The maximum atomic E-state index is 13.3. The number of nitrogens with zero attached hydrogens (tertiary/aromatic N) is 2. The summed E-state index contributed by atoms with van der Waals surface area (Å²) in [4.78, 5) is 17.8. The Kier molecular flexibility index (Phi) is 5.96. The van der Waals surface area contributed by atoms with Crippen LogP contribution >= 0.6 is 23.2 Å². The normalized spacial score (nSPS) is 16.9. The average Bonchev–Trinajstić information content (AvgIpc) is 2.63. The van der Waals surface area contributed by atoms with Gasteiger partial charge in [-0.15, -0.1) is 0 Å². The zero-order chi connectivity index (χ0) is 19.6. The minimum absolute atomic E-state index is 0.122. The van der Waals surface area contributed by atoms with E-state index in [1.165, 1.54) is 17.3 Å². The smallest absolute Gasteiger partial charge is 0.321 e. The van der Waals surface area contributed by atoms with Crippen molar-refractivity contribution in [1.82, 2.24) is 9.88 Å². The lowest BCUT2D eigenvalue weighted by molar-refractivity contribution is 0.196. The third kappa shape index (κ3) is 4.56. The average molecular weight is 419 g/mol. The van der Waals surface area contributed by atoms with Crippen molar-refractivity contribution < 1.29 is 18.0 Å². The second-order valence-corrected chi connectivity index (χ2v) is 6.91. The van der Waals surface area contributed by atoms with Gasteiger partial charge in [-0.2, -0.15) is 0 Å². The molecule has 1 fully saturated rings. The van der Waals surface area contributed by atoms with Crippen LogP contribution in [0, 0.1) is 17.5 Å². The summed E-state index contributed by atoms with van der Waals surface area (Å²) in [5.74, 6) is -4.32. The van der Waals surface area contributed by atoms with Crippen molar-refractivity contribution in [2.24, 2.45) is 0 Å². The number of rotatable bonds is 3. The van der Waals surface area contributed by atoms with Gasteiger partial charge in [0.1, 0.15) is 0 Å². The van der Waals surface area contributed by atoms with Crippen molar-refractivity contribution >= 4 is 40.6 Å². The number of anilines is 2. The van der Waals surface area contributed by atoms with Crippen LogP contribution in [0.4, 0.5) is 29.3 Å². The zero-order valence-electron chi connectivity index (χ0n) is 13.9. The number of hydrogen-bond donors (Lipinski definition) is 2. The van der Waals surface area contributed by atoms with Gasteiger partial charge in [0.05, 0.1) is 15.7 Å². The Morgan fingerprint density at radius 2 is 1.78 bits per heavy atom. The van der Waals surface area contributed by atoms with Crippen LogP contribution in [0.15, 0.2) is 24.5 Å². The van der Waals surface area contributed by atoms with Crippen LogP contribution in [-0.4, -0.2) is 35.0 Å². The lowest BCUT2D eigenvalue weighted by atomic mass is 10.1. The highest BCUT2D eigenvalue weighted by Gasteiger charge is 2.25. The standard InChI is InChI=1S/C17H15Cl2F3N4O/c18-11-6-23-7-12(19)16(11)24-9-2-1-3-26(8-9)17(27)25-10-4-13(20)15(22)14(21)5-10/h4-7,9H,1-3,8H2,(H,23,24)(H,25,27)/t9-/m1/s1. The van der Waals surface area contributed by atoms with E-state index in [-0.39, 0.29) is 11.7 Å². The molecule has 1 aromatic carbocycles. The number of aromatic nitrogens is 1. The molecule has 1 aliphatic rings. The summed E-state index contributed by atoms with van der Waals surface area (Å²) in [5.41, 5.74) is 0.370. The number of urea groups is 1. The summed E-state index contributed by atoms with van der Waals surface area (Å²) < 4.78 is 39.6. The van der Waals surface area contributed by atoms with Crippen molar-refractivity contribution in [1.29, 1.82) is 0 Å². The molecule has 144 valence electrons. The summed E-state index contributed by atoms with van der Waals surface area (Å²) >= 11 is 12.2. The van der Waals surface area contributed by atoms with Gasteiger partial charge in [0.25, 0.3) is 0 Å². The number of amides is 2. The molecule has 3 rings (SSSR count). The summed E-state index contributed by atoms with van der Waals surface area (Å²) in [6.07, 6.45) is 4.40. The van der Waals surface area contributed by atoms with Gasteiger partial charge >= 0.3 is 6.03 Å². The van der Waals surface area contributed by atoms with Crippen LogP contribution < -0.4 is 10.6 Å². The number of carbonyl (C=O) groups is 1. The van der Waals surface area contributed by atoms with Gasteiger partial charge in [-0.25, -0.2) is 18.0 Å². The number of benzene rings is 1. The highest BCUT2D eigenvalue weighted by Crippen LogP contribution is 2.30. The Bertz CT molecular complexity index is 825. The molecule has 0 aliphatic carbocycles. The fourth-order valence-corrected chi connectivity index (χ4v) is 3.34. The van der Waals surface area contributed by atoms with E-state index in [9.17, 15) is 18.0 Å². The minimum atomic E-state index is -1.58. The molecule has 1 saturated heterocycles. The third-order valence-corrected chi connectivity index (χ3v) is 4.72. The van der Waals surface area contributed by atoms with Gasteiger partial charge in [-0.1, -0.05) is 23.2 Å². The van der Waals surface area contributed by atoms with Gasteiger partial charge in [-0.3, -0.25) is 4.98 Å². The molecule has 5 nitrogen and oxygen atoms in total. The lowest BCUT2D eigenvalue weighted by Crippen LogP contribution is -2.46. The van der Waals surface area contributed by atoms with Crippen LogP contribution in [-0.2, 0) is 0 Å². The van der Waals surface area contributed by atoms with Gasteiger partial charge < -0.3 is 15.5 Å². The summed E-state index contributed by atoms with van der Waals surface area (Å²) in [6, 6.07) is 0.793. The second kappa shape index (κ2) is 8.22. The van der Waals surface area contributed by atoms with Crippen LogP contribution in [0.3, 0.4) is 0 Å². The van der Waals surface area contributed by atoms with Crippen molar-refractivity contribution in [3.05, 3.63) is 52.0 Å². The quantitative estimate of drug-likeness (QED) is 0.695. The molecule has 1 aliphatic heterocycles. The largest absolute Gasteiger partial charge is 0.378 e. The Balaban J connectivity index is 1.66. The van der Waals surface area contributed by atoms with Gasteiger partial charge in [-0.05, 0) is 12.8 Å². The van der Waals surface area contributed by atoms with E-state index in [1.807, 2.05) is 0 Å². The van der Waals surface area contributed by atoms with Crippen LogP contribution in [0.5, 0.6) is 0 Å². The van der Waals surface area contributed by atoms with E-state index in [0.717, 1.165) is 18.6 Å². The molecule has 0 bridgehead atoms. The number of halogens is 5. The summed E-state index contributed by atoms with van der Waals surface area (Å²) in [6.45, 7) is 0.793. The molecule has 0 radical (unpaired) electrons. The van der Waals surface area contributed by atoms with Crippen molar-refractivity contribution in [3.8, 4) is 0 Å². The van der Waals surface area contributed by atoms with Crippen molar-refractivity contribution in [2.75, 3.05) is 23.7 Å². The van der Waals surface area contributed by atoms with E-state index in [4.69, 9.17) is 23.2 Å². The number of piperidine rings is 1. The van der Waals surface area contributed by atoms with Crippen LogP contribution in [0.2, 0.25) is 10.0 Å². The first-order valence-corrected chi connectivity index (χ1v) is 8.86. The first kappa shape index (κ1) is 19.6. The van der Waals surface area contributed by atoms with E-state index < -0.39 is 23.5 Å². The molecule has 2 aromatic rings. The first-order chi connectivity index (χ1) is 12.8. The highest BCUT2D eigenvalue weighted by molar-refractivity contribution is 6.38. The molecule has 0 unspecified atom stereocenters. The summed E-state index contributed by atoms with van der Waals surface area (Å²) in [7, 11) is 0. The molecule has 1 atom stereocenters. The maximum Gasteiger partial charge on any atom is 0.321 e. The van der Waals surface area contributed by atoms with Crippen molar-refractivity contribution in [3.63, 3.8) is 0 Å². The van der Waals surface area contributed by atoms with E-state index in [1.54, 1.807) is 0 Å². The lowest BCUT2D eigenvalue weighted by Gasteiger charge is -2.34. The number of hydrogen-bond acceptors (Lipinski definition) is 3. The fraction of sp³-hybridized carbons (Fsp3) is 0.294. The Morgan fingerprint density at radius 1 is 1.15 bits per heavy atom. The Labute approximate surface area is 163 Å². The summed E-state index contributed by atoms with van der Waals surface area (Å²) in [5, 5.41) is 6.30. The second-order valence-electron chi connectivity index (χ2n) is 6.09. The monoisotopic (exact) mass is 418 g/mol. The molecule has 2 N–H and O–H groups in total. The maximum absolute atomic E-state index is 13.3. The fourth-order valence-electron chi connectivity index (χ4n) is 2.86. The molecule has 0 spiro atoms. The zero-order valence-corrected chi connectivity index (χ0v) is 15.4. The van der Waals surface area contributed by atoms with Crippen LogP contribution in [0.1, 0.15) is 12.8 Å². The predicted molar refractivity (Wildman–Crippen MR) is 97.8 cm³/mol. The number of carbonyl (C=O) groups excluding carboxylic acids is 1. The molecular weight excluding hydrogens is 404 g/mol. The molecule has 2 amide bonds. The van der Waals surface area contributed by atoms with Crippen LogP contribution in [0.25, 0.3) is 0 Å². The SMILES string of the molecule is O=C(Nc1cc(F)c(F)c(F)c1)N1CCC[C@@H](Nc2c(Cl)cncc2Cl)C1. The number of pyridine rings is 1. The van der Waals surface area contributed by atoms with E-state index >= 15 is 0 Å². The number of likely N-dealkylation sites (tertiary alicyclic amines) is 1. The molecule has 1 aromatic heterocycles. The van der Waals surface area contributed by atoms with Gasteiger partial charge in [0.15, 0.2) is 17.5 Å². The van der Waals surface area contributed by atoms with E-state index in [2.05, 4.69) is 15.6 Å². The topological polar surface area (TPSA) is 57.3 Å². The van der Waals surface area contributed by atoms with Crippen molar-refractivity contribution in [2.45, 2.75) is 18.9 Å². The molecule has 0 saturated carbocycles. The minimum Gasteiger partial charge on any atom is -0.378 e. The van der Waals surface area contributed by atoms with Gasteiger partial charge in [0.2, 0.25) is 0 Å². The molecular formula is C17H15Cl2F3N4O. The Hall–Kier alpha value is -2.19. The highest BCUT2D eigenvalue weighted by atomic mass is 35.5. The molecule has 10 heteroatoms. The van der Waals surface area contributed by atoms with E-state index in [0.29, 0.717) is 35.2 Å². The van der Waals surface area contributed by atoms with Gasteiger partial charge in [0, 0.05) is 49.3 Å². The Morgan fingerprint density at radius 3 is 2.41 bits per heavy atom. The predicted octanol–water partition coefficient (Wildman–Crippen LogP) is 4.91. The first-order valence-electron chi connectivity index (χ1n) is 8.11.